The van der Waals surface area contributed by atoms with Gasteiger partial charge in [0.15, 0.2) is 6.29 Å². The van der Waals surface area contributed by atoms with E-state index in [0.717, 1.165) is 37.1 Å². The lowest BCUT2D eigenvalue weighted by molar-refractivity contribution is -0.105. The van der Waals surface area contributed by atoms with E-state index in [1.165, 1.54) is 5.56 Å². The second-order valence-electron chi connectivity index (χ2n) is 8.45. The Morgan fingerprint density at radius 3 is 2.32 bits per heavy atom. The van der Waals surface area contributed by atoms with Crippen LogP contribution in [0.4, 0.5) is 0 Å². The fourth-order valence-electron chi connectivity index (χ4n) is 3.13. The zero-order chi connectivity index (χ0) is 18.2. The Morgan fingerprint density at radius 1 is 1.08 bits per heavy atom. The van der Waals surface area contributed by atoms with Gasteiger partial charge >= 0.3 is 7.12 Å². The number of rotatable bonds is 4. The smallest absolute Gasteiger partial charge is 0.465 e. The van der Waals surface area contributed by atoms with E-state index in [1.807, 2.05) is 6.07 Å². The van der Waals surface area contributed by atoms with Gasteiger partial charge in [-0.2, -0.15) is 0 Å². The third-order valence-corrected chi connectivity index (χ3v) is 5.60. The topological polar surface area (TPSA) is 36.9 Å². The highest BCUT2D eigenvalue weighted by Crippen LogP contribution is 2.37. The maximum Gasteiger partial charge on any atom is 0.498 e. The highest BCUT2D eigenvalue weighted by molar-refractivity contribution is 6.63. The molecule has 0 aliphatic carbocycles. The summed E-state index contributed by atoms with van der Waals surface area (Å²) in [7, 11) is -0.428. The molecule has 2 heterocycles. The monoisotopic (exact) mass is 346 g/mol. The fourth-order valence-corrected chi connectivity index (χ4v) is 3.13. The van der Waals surface area contributed by atoms with E-state index in [2.05, 4.69) is 53.7 Å². The standard InChI is InChI=1S/C20H31BO4/c1-14(2)15-10-11-17(23-18-9-7-8-12-22-18)16(13-15)21-24-19(3,4)20(5,6)25-21/h10-11,13-14,18H,7-9,12H2,1-6H3. The Kier molecular flexibility index (Phi) is 5.20. The second kappa shape index (κ2) is 6.94. The van der Waals surface area contributed by atoms with Crippen molar-refractivity contribution in [3.05, 3.63) is 23.8 Å². The van der Waals surface area contributed by atoms with Crippen LogP contribution in [0.5, 0.6) is 5.75 Å². The van der Waals surface area contributed by atoms with Crippen LogP contribution in [-0.4, -0.2) is 31.2 Å². The number of hydrogen-bond acceptors (Lipinski definition) is 4. The van der Waals surface area contributed by atoms with Crippen LogP contribution in [-0.2, 0) is 14.0 Å². The SMILES string of the molecule is CC(C)c1ccc(OC2CCCCO2)c(B2OC(C)(C)C(C)(C)O2)c1. The maximum absolute atomic E-state index is 6.27. The molecule has 1 unspecified atom stereocenters. The Balaban J connectivity index is 1.90. The van der Waals surface area contributed by atoms with Crippen molar-refractivity contribution in [3.63, 3.8) is 0 Å². The average molecular weight is 346 g/mol. The minimum atomic E-state index is -0.428. The molecule has 25 heavy (non-hydrogen) atoms. The van der Waals surface area contributed by atoms with Gasteiger partial charge in [-0.25, -0.2) is 0 Å². The normalized spacial score (nSPS) is 25.4. The molecule has 5 heteroatoms. The Morgan fingerprint density at radius 2 is 1.76 bits per heavy atom. The summed E-state index contributed by atoms with van der Waals surface area (Å²) in [5, 5.41) is 0. The van der Waals surface area contributed by atoms with Crippen LogP contribution in [0, 0.1) is 0 Å². The predicted octanol–water partition coefficient (Wildman–Crippen LogP) is 4.01. The average Bonchev–Trinajstić information content (AvgIpc) is 2.76. The molecule has 0 spiro atoms. The maximum atomic E-state index is 6.27. The molecule has 2 saturated heterocycles. The molecule has 138 valence electrons. The summed E-state index contributed by atoms with van der Waals surface area (Å²) >= 11 is 0. The van der Waals surface area contributed by atoms with Gasteiger partial charge in [-0.1, -0.05) is 26.0 Å². The highest BCUT2D eigenvalue weighted by atomic mass is 16.7. The van der Waals surface area contributed by atoms with Gasteiger partial charge in [-0.15, -0.1) is 0 Å². The first-order valence-corrected chi connectivity index (χ1v) is 9.47. The van der Waals surface area contributed by atoms with E-state index in [4.69, 9.17) is 18.8 Å². The van der Waals surface area contributed by atoms with E-state index in [-0.39, 0.29) is 17.5 Å². The van der Waals surface area contributed by atoms with Crippen molar-refractivity contribution in [2.24, 2.45) is 0 Å². The van der Waals surface area contributed by atoms with Crippen molar-refractivity contribution < 1.29 is 18.8 Å². The predicted molar refractivity (Wildman–Crippen MR) is 100 cm³/mol. The van der Waals surface area contributed by atoms with Crippen LogP contribution in [0.1, 0.15) is 72.3 Å². The molecule has 4 nitrogen and oxygen atoms in total. The summed E-state index contributed by atoms with van der Waals surface area (Å²) < 4.78 is 24.5. The molecular weight excluding hydrogens is 315 g/mol. The van der Waals surface area contributed by atoms with Crippen LogP contribution in [0.3, 0.4) is 0 Å². The lowest BCUT2D eigenvalue weighted by atomic mass is 9.76. The summed E-state index contributed by atoms with van der Waals surface area (Å²) in [6, 6.07) is 6.32. The van der Waals surface area contributed by atoms with E-state index in [9.17, 15) is 0 Å². The van der Waals surface area contributed by atoms with Gasteiger partial charge in [0.05, 0.1) is 17.8 Å². The number of benzene rings is 1. The van der Waals surface area contributed by atoms with Crippen molar-refractivity contribution in [2.75, 3.05) is 6.61 Å². The molecule has 1 aromatic rings. The molecule has 2 aliphatic heterocycles. The van der Waals surface area contributed by atoms with Gasteiger partial charge in [0.25, 0.3) is 0 Å². The van der Waals surface area contributed by atoms with Crippen LogP contribution in [0.25, 0.3) is 0 Å². The second-order valence-corrected chi connectivity index (χ2v) is 8.45. The first-order valence-electron chi connectivity index (χ1n) is 9.47. The van der Waals surface area contributed by atoms with E-state index >= 15 is 0 Å². The van der Waals surface area contributed by atoms with E-state index in [1.54, 1.807) is 0 Å². The molecule has 0 aromatic heterocycles. The molecule has 0 amide bonds. The van der Waals surface area contributed by atoms with Gasteiger partial charge < -0.3 is 18.8 Å². The largest absolute Gasteiger partial charge is 0.498 e. The number of ether oxygens (including phenoxy) is 2. The van der Waals surface area contributed by atoms with Crippen molar-refractivity contribution in [2.45, 2.75) is 84.2 Å². The van der Waals surface area contributed by atoms with Gasteiger partial charge in [-0.3, -0.25) is 0 Å². The van der Waals surface area contributed by atoms with Crippen molar-refractivity contribution in [1.82, 2.24) is 0 Å². The minimum absolute atomic E-state index is 0.181. The first kappa shape index (κ1) is 18.7. The van der Waals surface area contributed by atoms with Gasteiger partial charge in [0.1, 0.15) is 5.75 Å². The van der Waals surface area contributed by atoms with Crippen molar-refractivity contribution in [3.8, 4) is 5.75 Å². The first-order chi connectivity index (χ1) is 11.7. The molecule has 0 saturated carbocycles. The lowest BCUT2D eigenvalue weighted by Crippen LogP contribution is -2.41. The Hall–Kier alpha value is -1.04. The summed E-state index contributed by atoms with van der Waals surface area (Å²) in [5.41, 5.74) is 1.47. The Bertz CT molecular complexity index is 590. The molecule has 2 aliphatic rings. The molecule has 0 N–H and O–H groups in total. The highest BCUT2D eigenvalue weighted by Gasteiger charge is 2.52. The molecule has 1 aromatic carbocycles. The summed E-state index contributed by atoms with van der Waals surface area (Å²) in [4.78, 5) is 0. The van der Waals surface area contributed by atoms with E-state index in [0.29, 0.717) is 5.92 Å². The third kappa shape index (κ3) is 3.89. The summed E-state index contributed by atoms with van der Waals surface area (Å²) in [6.45, 7) is 13.4. The molecule has 2 fully saturated rings. The summed E-state index contributed by atoms with van der Waals surface area (Å²) in [5.74, 6) is 1.23. The molecule has 0 bridgehead atoms. The van der Waals surface area contributed by atoms with Crippen molar-refractivity contribution in [1.29, 1.82) is 0 Å². The Labute approximate surface area is 152 Å². The molecule has 0 radical (unpaired) electrons. The van der Waals surface area contributed by atoms with Gasteiger partial charge in [0.2, 0.25) is 0 Å². The van der Waals surface area contributed by atoms with Gasteiger partial charge in [0, 0.05) is 11.9 Å². The molecule has 3 rings (SSSR count). The number of hydrogen-bond donors (Lipinski definition) is 0. The minimum Gasteiger partial charge on any atom is -0.465 e. The summed E-state index contributed by atoms with van der Waals surface area (Å²) in [6.07, 6.45) is 2.99. The zero-order valence-corrected chi connectivity index (χ0v) is 16.4. The molecule has 1 atom stereocenters. The van der Waals surface area contributed by atoms with Crippen LogP contribution in [0.15, 0.2) is 18.2 Å². The quantitative estimate of drug-likeness (QED) is 0.772. The van der Waals surface area contributed by atoms with Crippen LogP contribution < -0.4 is 10.2 Å². The van der Waals surface area contributed by atoms with Crippen LogP contribution >= 0.6 is 0 Å². The fraction of sp³-hybridized carbons (Fsp3) is 0.700. The van der Waals surface area contributed by atoms with Crippen molar-refractivity contribution >= 4 is 12.6 Å². The third-order valence-electron chi connectivity index (χ3n) is 5.60. The lowest BCUT2D eigenvalue weighted by Gasteiger charge is -2.32. The molecular formula is C20H31BO4. The van der Waals surface area contributed by atoms with E-state index < -0.39 is 7.12 Å². The zero-order valence-electron chi connectivity index (χ0n) is 16.4. The van der Waals surface area contributed by atoms with Crippen LogP contribution in [0.2, 0.25) is 0 Å². The van der Waals surface area contributed by atoms with Gasteiger partial charge in [-0.05, 0) is 58.1 Å².